The Morgan fingerprint density at radius 3 is 0.787 bits per heavy atom. The molecule has 3 amide bonds. The number of hydrogen-bond donors (Lipinski definition) is 3. The molecule has 3 aliphatic heterocycles. The number of carbonyl (C=O) groups is 3. The molecule has 75 heavy (non-hydrogen) atoms. The first-order valence-electron chi connectivity index (χ1n) is 24.9. The third-order valence-electron chi connectivity index (χ3n) is 13.5. The number of anilines is 3. The number of benzene rings is 6. The van der Waals surface area contributed by atoms with Crippen LogP contribution in [0.15, 0.2) is 178 Å². The Labute approximate surface area is 430 Å². The number of carbonyl (C=O) groups excluding carboxylic acids is 3. The minimum atomic E-state index is -0.281. The van der Waals surface area contributed by atoms with Gasteiger partial charge in [-0.3, -0.25) is 28.8 Å². The molecule has 0 atom stereocenters. The molecule has 0 spiro atoms. The number of H-pyrrole nitrogens is 3. The summed E-state index contributed by atoms with van der Waals surface area (Å²) in [5, 5.41) is 1.48. The summed E-state index contributed by atoms with van der Waals surface area (Å²) in [4.78, 5) is 107. The normalized spacial score (nSPS) is 14.7. The second-order valence-corrected chi connectivity index (χ2v) is 18.1. The maximum atomic E-state index is 12.7. The van der Waals surface area contributed by atoms with Crippen LogP contribution in [-0.4, -0.2) is 141 Å². The van der Waals surface area contributed by atoms with Gasteiger partial charge in [-0.2, -0.15) is 0 Å². The van der Waals surface area contributed by atoms with Gasteiger partial charge in [0.1, 0.15) is 0 Å². The van der Waals surface area contributed by atoms with Crippen molar-refractivity contribution in [2.45, 2.75) is 0 Å². The fraction of sp³-hybridized carbons (Fsp3) is 0.211. The lowest BCUT2D eigenvalue weighted by atomic mass is 10.2. The molecular weight excluding hydrogens is 949 g/mol. The lowest BCUT2D eigenvalue weighted by Crippen LogP contribution is -2.49. The van der Waals surface area contributed by atoms with E-state index >= 15 is 0 Å². The van der Waals surface area contributed by atoms with Gasteiger partial charge in [-0.25, -0.2) is 15.0 Å². The SMILES string of the molecule is O=C(c1nc2ccccc2c(=O)[nH]1)N1CCN(c2ccccc2)CC1.O=C(c1nc2ccccc2c(=O)[nH]1)N1CCN(c2ccccc2)CC1.O=C(c1nc2ccccc2c(=O)[nH]1)N1CCN(c2ccccc2)CC1. The van der Waals surface area contributed by atoms with E-state index in [-0.39, 0.29) is 51.9 Å². The van der Waals surface area contributed by atoms with E-state index < -0.39 is 0 Å². The van der Waals surface area contributed by atoms with Gasteiger partial charge in [0.2, 0.25) is 0 Å². The number of hydrogen-bond acceptors (Lipinski definition) is 12. The topological polar surface area (TPSA) is 208 Å². The maximum Gasteiger partial charge on any atom is 0.289 e. The molecule has 0 bridgehead atoms. The number of nitrogens with one attached hydrogen (secondary N) is 3. The Hall–Kier alpha value is -9.45. The van der Waals surface area contributed by atoms with Crippen molar-refractivity contribution in [3.8, 4) is 0 Å². The lowest BCUT2D eigenvalue weighted by Gasteiger charge is -2.35. The number of fused-ring (bicyclic) bond motifs is 3. The standard InChI is InChI=1S/3C19H18N4O2/c3*24-18-15-8-4-5-9-16(15)20-17(21-18)19(25)23-12-10-22(11-13-23)14-6-2-1-3-7-14/h3*1-9H,10-13H2,(H,20,21,24). The van der Waals surface area contributed by atoms with Crippen LogP contribution in [0, 0.1) is 0 Å². The summed E-state index contributed by atoms with van der Waals surface area (Å²) in [5.74, 6) is -0.354. The molecule has 0 unspecified atom stereocenters. The second-order valence-electron chi connectivity index (χ2n) is 18.1. The summed E-state index contributed by atoms with van der Waals surface area (Å²) in [5.41, 5.74) is 4.25. The molecule has 12 rings (SSSR count). The monoisotopic (exact) mass is 1000 g/mol. The molecule has 3 saturated heterocycles. The van der Waals surface area contributed by atoms with E-state index in [2.05, 4.69) is 81.0 Å². The fourth-order valence-corrected chi connectivity index (χ4v) is 9.43. The minimum absolute atomic E-state index is 0.108. The first kappa shape index (κ1) is 49.1. The fourth-order valence-electron chi connectivity index (χ4n) is 9.43. The van der Waals surface area contributed by atoms with Crippen LogP contribution in [-0.2, 0) is 0 Å². The van der Waals surface area contributed by atoms with Gasteiger partial charge in [-0.05, 0) is 72.8 Å². The second kappa shape index (κ2) is 22.5. The van der Waals surface area contributed by atoms with E-state index in [0.717, 1.165) is 56.3 Å². The Morgan fingerprint density at radius 1 is 0.307 bits per heavy atom. The Balaban J connectivity index is 0.000000128. The molecule has 0 aliphatic carbocycles. The van der Waals surface area contributed by atoms with Crippen LogP contribution in [0.3, 0.4) is 0 Å². The van der Waals surface area contributed by atoms with Crippen LogP contribution in [0.5, 0.6) is 0 Å². The van der Waals surface area contributed by atoms with Crippen molar-refractivity contribution >= 4 is 67.5 Å². The van der Waals surface area contributed by atoms with Gasteiger partial charge in [0.15, 0.2) is 17.5 Å². The van der Waals surface area contributed by atoms with Gasteiger partial charge in [0.05, 0.1) is 32.7 Å². The average molecular weight is 1000 g/mol. The molecule has 18 nitrogen and oxygen atoms in total. The number of aromatic nitrogens is 6. The number of piperazine rings is 3. The van der Waals surface area contributed by atoms with Crippen molar-refractivity contribution in [2.24, 2.45) is 0 Å². The third-order valence-corrected chi connectivity index (χ3v) is 13.5. The van der Waals surface area contributed by atoms with Crippen molar-refractivity contribution in [3.63, 3.8) is 0 Å². The molecule has 378 valence electrons. The predicted molar refractivity (Wildman–Crippen MR) is 291 cm³/mol. The molecule has 3 aromatic heterocycles. The van der Waals surface area contributed by atoms with Crippen LogP contribution in [0.2, 0.25) is 0 Å². The van der Waals surface area contributed by atoms with Crippen LogP contribution >= 0.6 is 0 Å². The van der Waals surface area contributed by atoms with Gasteiger partial charge in [-0.15, -0.1) is 0 Å². The zero-order valence-corrected chi connectivity index (χ0v) is 41.0. The van der Waals surface area contributed by atoms with Gasteiger partial charge >= 0.3 is 0 Å². The van der Waals surface area contributed by atoms with E-state index in [1.807, 2.05) is 72.8 Å². The summed E-state index contributed by atoms with van der Waals surface area (Å²) in [6, 6.07) is 51.6. The Morgan fingerprint density at radius 2 is 0.533 bits per heavy atom. The summed E-state index contributed by atoms with van der Waals surface area (Å²) >= 11 is 0. The highest BCUT2D eigenvalue weighted by molar-refractivity contribution is 5.94. The number of rotatable bonds is 6. The van der Waals surface area contributed by atoms with Crippen molar-refractivity contribution in [1.82, 2.24) is 44.6 Å². The van der Waals surface area contributed by atoms with Gasteiger partial charge in [0.25, 0.3) is 34.4 Å². The largest absolute Gasteiger partial charge is 0.368 e. The molecule has 6 heterocycles. The lowest BCUT2D eigenvalue weighted by molar-refractivity contribution is 0.0727. The first-order valence-corrected chi connectivity index (χ1v) is 24.9. The molecule has 9 aromatic rings. The van der Waals surface area contributed by atoms with Gasteiger partial charge < -0.3 is 44.4 Å². The highest BCUT2D eigenvalue weighted by Gasteiger charge is 2.27. The molecule has 3 fully saturated rings. The van der Waals surface area contributed by atoms with Crippen LogP contribution in [0.1, 0.15) is 31.9 Å². The molecular formula is C57H54N12O6. The number of nitrogens with zero attached hydrogens (tertiary/aromatic N) is 9. The van der Waals surface area contributed by atoms with Crippen molar-refractivity contribution in [1.29, 1.82) is 0 Å². The van der Waals surface area contributed by atoms with Gasteiger partial charge in [0, 0.05) is 95.6 Å². The highest BCUT2D eigenvalue weighted by Crippen LogP contribution is 2.20. The predicted octanol–water partition coefficient (Wildman–Crippen LogP) is 5.66. The molecule has 3 aliphatic rings. The van der Waals surface area contributed by atoms with Crippen molar-refractivity contribution in [3.05, 3.63) is 212 Å². The summed E-state index contributed by atoms with van der Waals surface area (Å²) in [7, 11) is 0. The first-order chi connectivity index (χ1) is 36.7. The van der Waals surface area contributed by atoms with Crippen molar-refractivity contribution < 1.29 is 14.4 Å². The molecule has 0 saturated carbocycles. The average Bonchev–Trinajstić information content (AvgIpc) is 3.47. The quantitative estimate of drug-likeness (QED) is 0.185. The zero-order valence-electron chi connectivity index (χ0n) is 41.0. The summed E-state index contributed by atoms with van der Waals surface area (Å²) in [6.45, 7) is 8.15. The van der Waals surface area contributed by atoms with Crippen LogP contribution in [0.25, 0.3) is 32.7 Å². The van der Waals surface area contributed by atoms with Crippen LogP contribution in [0.4, 0.5) is 17.1 Å². The van der Waals surface area contributed by atoms with Gasteiger partial charge in [-0.1, -0.05) is 91.0 Å². The Bertz CT molecular complexity index is 3260. The third kappa shape index (κ3) is 11.3. The summed E-state index contributed by atoms with van der Waals surface area (Å²) in [6.07, 6.45) is 0. The van der Waals surface area contributed by atoms with E-state index in [1.165, 1.54) is 0 Å². The summed E-state index contributed by atoms with van der Waals surface area (Å²) < 4.78 is 0. The van der Waals surface area contributed by atoms with E-state index in [4.69, 9.17) is 0 Å². The molecule has 3 N–H and O–H groups in total. The maximum absolute atomic E-state index is 12.7. The number of para-hydroxylation sites is 6. The number of aromatic amines is 3. The minimum Gasteiger partial charge on any atom is -0.368 e. The van der Waals surface area contributed by atoms with Crippen molar-refractivity contribution in [2.75, 3.05) is 93.2 Å². The van der Waals surface area contributed by atoms with Crippen LogP contribution < -0.4 is 31.4 Å². The van der Waals surface area contributed by atoms with E-state index in [1.54, 1.807) is 69.3 Å². The smallest absolute Gasteiger partial charge is 0.289 e. The zero-order chi connectivity index (χ0) is 51.7. The molecule has 6 aromatic carbocycles. The highest BCUT2D eigenvalue weighted by atomic mass is 16.2. The number of amides is 3. The van der Waals surface area contributed by atoms with E-state index in [0.29, 0.717) is 72.0 Å². The molecule has 18 heteroatoms. The Kier molecular flexibility index (Phi) is 14.8. The van der Waals surface area contributed by atoms with E-state index in [9.17, 15) is 28.8 Å². The molecule has 0 radical (unpaired) electrons.